The first-order chi connectivity index (χ1) is 8.05. The summed E-state index contributed by atoms with van der Waals surface area (Å²) in [5.41, 5.74) is 1.52. The molecule has 0 bridgehead atoms. The zero-order valence-electron chi connectivity index (χ0n) is 11.5. The van der Waals surface area contributed by atoms with Crippen LogP contribution >= 0.6 is 12.4 Å². The van der Waals surface area contributed by atoms with Gasteiger partial charge in [0, 0.05) is 12.5 Å². The van der Waals surface area contributed by atoms with E-state index in [0.29, 0.717) is 5.92 Å². The van der Waals surface area contributed by atoms with Crippen molar-refractivity contribution >= 4 is 12.4 Å². The molecule has 2 rings (SSSR count). The van der Waals surface area contributed by atoms with E-state index in [2.05, 4.69) is 50.4 Å². The van der Waals surface area contributed by atoms with E-state index in [9.17, 15) is 0 Å². The molecule has 0 saturated carbocycles. The Bertz CT molecular complexity index is 367. The second-order valence-corrected chi connectivity index (χ2v) is 5.95. The summed E-state index contributed by atoms with van der Waals surface area (Å²) in [6.07, 6.45) is 1.24. The molecule has 1 saturated heterocycles. The molecule has 1 aromatic rings. The average molecular weight is 270 g/mol. The molecule has 1 atom stereocenters. The predicted molar refractivity (Wildman–Crippen MR) is 78.9 cm³/mol. The van der Waals surface area contributed by atoms with Crippen LogP contribution in [0.3, 0.4) is 0 Å². The number of hydrogen-bond donors (Lipinski definition) is 1. The maximum absolute atomic E-state index is 5.89. The third-order valence-electron chi connectivity index (χ3n) is 3.35. The molecule has 1 aliphatic rings. The number of hydrogen-bond acceptors (Lipinski definition) is 2. The van der Waals surface area contributed by atoms with E-state index in [1.807, 2.05) is 0 Å². The number of halogens is 1. The van der Waals surface area contributed by atoms with Crippen LogP contribution in [0.5, 0.6) is 5.75 Å². The van der Waals surface area contributed by atoms with E-state index in [1.54, 1.807) is 0 Å². The Kier molecular flexibility index (Phi) is 5.48. The highest BCUT2D eigenvalue weighted by atomic mass is 35.5. The second-order valence-electron chi connectivity index (χ2n) is 5.95. The fourth-order valence-corrected chi connectivity index (χ4v) is 2.12. The van der Waals surface area contributed by atoms with Crippen LogP contribution in [0.25, 0.3) is 0 Å². The summed E-state index contributed by atoms with van der Waals surface area (Å²) >= 11 is 0. The van der Waals surface area contributed by atoms with Crippen LogP contribution < -0.4 is 10.1 Å². The largest absolute Gasteiger partial charge is 0.493 e. The molecule has 3 heteroatoms. The zero-order chi connectivity index (χ0) is 12.3. The molecule has 1 aromatic carbocycles. The van der Waals surface area contributed by atoms with Crippen LogP contribution in [-0.2, 0) is 5.41 Å². The summed E-state index contributed by atoms with van der Waals surface area (Å²) in [6, 6.07) is 8.48. The Hall–Kier alpha value is -0.730. The van der Waals surface area contributed by atoms with Crippen molar-refractivity contribution in [2.45, 2.75) is 32.6 Å². The lowest BCUT2D eigenvalue weighted by Gasteiger charge is -2.20. The zero-order valence-corrected chi connectivity index (χ0v) is 12.3. The standard InChI is InChI=1S/C15H23NO.ClH/c1-15(2,3)13-5-4-6-14(9-13)17-11-12-7-8-16-10-12;/h4-6,9,12,16H,7-8,10-11H2,1-3H3;1H. The molecular formula is C15H24ClNO. The van der Waals surface area contributed by atoms with Gasteiger partial charge >= 0.3 is 0 Å². The van der Waals surface area contributed by atoms with Crippen molar-refractivity contribution in [1.82, 2.24) is 5.32 Å². The van der Waals surface area contributed by atoms with Crippen LogP contribution in [0.4, 0.5) is 0 Å². The number of ether oxygens (including phenoxy) is 1. The van der Waals surface area contributed by atoms with E-state index >= 15 is 0 Å². The third-order valence-corrected chi connectivity index (χ3v) is 3.35. The minimum absolute atomic E-state index is 0. The minimum Gasteiger partial charge on any atom is -0.493 e. The Morgan fingerprint density at radius 2 is 2.11 bits per heavy atom. The van der Waals surface area contributed by atoms with Gasteiger partial charge in [0.05, 0.1) is 6.61 Å². The van der Waals surface area contributed by atoms with Crippen molar-refractivity contribution < 1.29 is 4.74 Å². The van der Waals surface area contributed by atoms with Crippen LogP contribution in [0.2, 0.25) is 0 Å². The number of rotatable bonds is 3. The normalized spacial score (nSPS) is 19.4. The Balaban J connectivity index is 0.00000162. The first-order valence-corrected chi connectivity index (χ1v) is 6.50. The maximum Gasteiger partial charge on any atom is 0.119 e. The number of benzene rings is 1. The summed E-state index contributed by atoms with van der Waals surface area (Å²) in [7, 11) is 0. The Morgan fingerprint density at radius 3 is 2.72 bits per heavy atom. The van der Waals surface area contributed by atoms with Crippen molar-refractivity contribution in [3.05, 3.63) is 29.8 Å². The molecule has 0 aliphatic carbocycles. The molecule has 102 valence electrons. The van der Waals surface area contributed by atoms with Gasteiger partial charge in [-0.25, -0.2) is 0 Å². The van der Waals surface area contributed by atoms with Crippen LogP contribution in [0.1, 0.15) is 32.8 Å². The molecule has 1 fully saturated rings. The van der Waals surface area contributed by atoms with Crippen molar-refractivity contribution in [1.29, 1.82) is 0 Å². The summed E-state index contributed by atoms with van der Waals surface area (Å²) < 4.78 is 5.89. The van der Waals surface area contributed by atoms with Gasteiger partial charge in [-0.05, 0) is 36.1 Å². The van der Waals surface area contributed by atoms with Gasteiger partial charge in [0.25, 0.3) is 0 Å². The highest BCUT2D eigenvalue weighted by Gasteiger charge is 2.16. The van der Waals surface area contributed by atoms with Crippen LogP contribution in [0, 0.1) is 5.92 Å². The number of nitrogens with one attached hydrogen (secondary N) is 1. The van der Waals surface area contributed by atoms with Gasteiger partial charge < -0.3 is 10.1 Å². The van der Waals surface area contributed by atoms with Gasteiger partial charge in [-0.1, -0.05) is 32.9 Å². The lowest BCUT2D eigenvalue weighted by molar-refractivity contribution is 0.259. The van der Waals surface area contributed by atoms with Gasteiger partial charge in [0.1, 0.15) is 5.75 Å². The van der Waals surface area contributed by atoms with E-state index in [4.69, 9.17) is 4.74 Å². The Morgan fingerprint density at radius 1 is 1.33 bits per heavy atom. The fourth-order valence-electron chi connectivity index (χ4n) is 2.12. The summed E-state index contributed by atoms with van der Waals surface area (Å²) in [5, 5.41) is 3.36. The van der Waals surface area contributed by atoms with Crippen molar-refractivity contribution in [2.24, 2.45) is 5.92 Å². The van der Waals surface area contributed by atoms with E-state index in [-0.39, 0.29) is 17.8 Å². The molecule has 1 N–H and O–H groups in total. The van der Waals surface area contributed by atoms with Gasteiger partial charge in [-0.3, -0.25) is 0 Å². The van der Waals surface area contributed by atoms with E-state index in [1.165, 1.54) is 12.0 Å². The van der Waals surface area contributed by atoms with Gasteiger partial charge in [-0.2, -0.15) is 0 Å². The molecular weight excluding hydrogens is 246 g/mol. The van der Waals surface area contributed by atoms with Crippen molar-refractivity contribution in [3.63, 3.8) is 0 Å². The van der Waals surface area contributed by atoms with Crippen LogP contribution in [0.15, 0.2) is 24.3 Å². The van der Waals surface area contributed by atoms with Gasteiger partial charge in [-0.15, -0.1) is 12.4 Å². The lowest BCUT2D eigenvalue weighted by atomic mass is 9.87. The quantitative estimate of drug-likeness (QED) is 0.908. The molecule has 0 spiro atoms. The highest BCUT2D eigenvalue weighted by Crippen LogP contribution is 2.26. The first kappa shape index (κ1) is 15.3. The van der Waals surface area contributed by atoms with Crippen molar-refractivity contribution in [2.75, 3.05) is 19.7 Å². The van der Waals surface area contributed by atoms with Gasteiger partial charge in [0.15, 0.2) is 0 Å². The summed E-state index contributed by atoms with van der Waals surface area (Å²) in [4.78, 5) is 0. The molecule has 1 heterocycles. The maximum atomic E-state index is 5.89. The highest BCUT2D eigenvalue weighted by molar-refractivity contribution is 5.85. The van der Waals surface area contributed by atoms with E-state index < -0.39 is 0 Å². The molecule has 1 unspecified atom stereocenters. The summed E-state index contributed by atoms with van der Waals surface area (Å²) in [6.45, 7) is 9.75. The molecule has 1 aliphatic heterocycles. The second kappa shape index (κ2) is 6.44. The monoisotopic (exact) mass is 269 g/mol. The van der Waals surface area contributed by atoms with Gasteiger partial charge in [0.2, 0.25) is 0 Å². The van der Waals surface area contributed by atoms with Crippen molar-refractivity contribution in [3.8, 4) is 5.75 Å². The topological polar surface area (TPSA) is 21.3 Å². The fraction of sp³-hybridized carbons (Fsp3) is 0.600. The third kappa shape index (κ3) is 4.18. The smallest absolute Gasteiger partial charge is 0.119 e. The van der Waals surface area contributed by atoms with Crippen LogP contribution in [-0.4, -0.2) is 19.7 Å². The minimum atomic E-state index is 0. The molecule has 0 radical (unpaired) electrons. The lowest BCUT2D eigenvalue weighted by Crippen LogP contribution is -2.16. The molecule has 18 heavy (non-hydrogen) atoms. The Labute approximate surface area is 117 Å². The average Bonchev–Trinajstić information content (AvgIpc) is 2.78. The molecule has 2 nitrogen and oxygen atoms in total. The summed E-state index contributed by atoms with van der Waals surface area (Å²) in [5.74, 6) is 1.68. The first-order valence-electron chi connectivity index (χ1n) is 6.50. The predicted octanol–water partition coefficient (Wildman–Crippen LogP) is 3.39. The SMILES string of the molecule is CC(C)(C)c1cccc(OCC2CCNC2)c1.Cl. The molecule has 0 amide bonds. The molecule has 0 aromatic heterocycles. The van der Waals surface area contributed by atoms with E-state index in [0.717, 1.165) is 25.4 Å².